The highest BCUT2D eigenvalue weighted by molar-refractivity contribution is 5.61. The Morgan fingerprint density at radius 2 is 1.73 bits per heavy atom. The third-order valence-corrected chi connectivity index (χ3v) is 6.26. The number of nitrogens with zero attached hydrogens (tertiary/aromatic N) is 5. The van der Waals surface area contributed by atoms with Gasteiger partial charge in [0.05, 0.1) is 24.9 Å². The summed E-state index contributed by atoms with van der Waals surface area (Å²) >= 11 is 0. The lowest BCUT2D eigenvalue weighted by Gasteiger charge is -2.38. The number of aliphatic hydroxyl groups excluding tert-OH is 1. The first-order valence-electron chi connectivity index (χ1n) is 11.4. The fourth-order valence-electron chi connectivity index (χ4n) is 4.83. The monoisotopic (exact) mass is 447 g/mol. The van der Waals surface area contributed by atoms with Crippen LogP contribution in [-0.2, 0) is 11.2 Å². The number of rotatable bonds is 4. The largest absolute Gasteiger partial charge is 0.508 e. The lowest BCUT2D eigenvalue weighted by atomic mass is 9.93. The van der Waals surface area contributed by atoms with Crippen molar-refractivity contribution in [2.45, 2.75) is 38.5 Å². The van der Waals surface area contributed by atoms with Gasteiger partial charge in [-0.15, -0.1) is 0 Å². The number of ether oxygens (including phenoxy) is 1. The molecule has 0 saturated carbocycles. The van der Waals surface area contributed by atoms with Gasteiger partial charge in [0.25, 0.3) is 0 Å². The molecule has 2 aliphatic heterocycles. The molecule has 1 aromatic heterocycles. The number of benzene rings is 2. The van der Waals surface area contributed by atoms with E-state index in [2.05, 4.69) is 21.9 Å². The van der Waals surface area contributed by atoms with Crippen molar-refractivity contribution in [3.8, 4) is 17.1 Å². The number of anilines is 2. The standard InChI is InChI=1S/C25H29N5O3/c1-16-13-29(14-17(2)33-16)24-26-23(19-7-5-8-20(32)12-19)27-25(28-24)30-11-10-18-6-3-4-9-21(18)22(30)15-31/h3-9,12,16-17,22,31-32H,10-11,13-15H2,1-2H3. The molecule has 8 heteroatoms. The maximum absolute atomic E-state index is 10.3. The van der Waals surface area contributed by atoms with E-state index in [0.29, 0.717) is 42.9 Å². The Hall–Kier alpha value is -3.23. The maximum atomic E-state index is 10.3. The summed E-state index contributed by atoms with van der Waals surface area (Å²) in [6, 6.07) is 14.9. The maximum Gasteiger partial charge on any atom is 0.231 e. The van der Waals surface area contributed by atoms with E-state index in [1.807, 2.05) is 32.0 Å². The Kier molecular flexibility index (Phi) is 5.86. The fraction of sp³-hybridized carbons (Fsp3) is 0.400. The summed E-state index contributed by atoms with van der Waals surface area (Å²) in [5, 5.41) is 20.3. The third-order valence-electron chi connectivity index (χ3n) is 6.26. The highest BCUT2D eigenvalue weighted by Crippen LogP contribution is 2.34. The molecule has 3 unspecified atom stereocenters. The topological polar surface area (TPSA) is 94.8 Å². The number of aliphatic hydroxyl groups is 1. The van der Waals surface area contributed by atoms with Gasteiger partial charge in [-0.05, 0) is 43.5 Å². The number of phenolic OH excluding ortho intramolecular Hbond substituents is 1. The van der Waals surface area contributed by atoms with E-state index >= 15 is 0 Å². The van der Waals surface area contributed by atoms with E-state index in [-0.39, 0.29) is 30.6 Å². The lowest BCUT2D eigenvalue weighted by Crippen LogP contribution is -2.46. The summed E-state index contributed by atoms with van der Waals surface area (Å²) < 4.78 is 5.90. The lowest BCUT2D eigenvalue weighted by molar-refractivity contribution is -0.00572. The zero-order chi connectivity index (χ0) is 22.9. The molecular weight excluding hydrogens is 418 g/mol. The van der Waals surface area contributed by atoms with Gasteiger partial charge in [0.15, 0.2) is 5.82 Å². The van der Waals surface area contributed by atoms with Crippen LogP contribution in [0.1, 0.15) is 31.0 Å². The van der Waals surface area contributed by atoms with Crippen molar-refractivity contribution in [3.63, 3.8) is 0 Å². The van der Waals surface area contributed by atoms with Gasteiger partial charge >= 0.3 is 0 Å². The second-order valence-corrected chi connectivity index (χ2v) is 8.81. The van der Waals surface area contributed by atoms with Crippen LogP contribution in [0.4, 0.5) is 11.9 Å². The fourth-order valence-corrected chi connectivity index (χ4v) is 4.83. The van der Waals surface area contributed by atoms with Crippen LogP contribution in [0.25, 0.3) is 11.4 Å². The summed E-state index contributed by atoms with van der Waals surface area (Å²) in [6.45, 7) is 6.11. The number of hydrogen-bond donors (Lipinski definition) is 2. The minimum Gasteiger partial charge on any atom is -0.508 e. The van der Waals surface area contributed by atoms with E-state index in [0.717, 1.165) is 12.0 Å². The molecule has 2 N–H and O–H groups in total. The molecule has 0 bridgehead atoms. The molecule has 2 aromatic carbocycles. The molecule has 1 fully saturated rings. The van der Waals surface area contributed by atoms with E-state index in [9.17, 15) is 10.2 Å². The Morgan fingerprint density at radius 3 is 2.48 bits per heavy atom. The number of morpholine rings is 1. The van der Waals surface area contributed by atoms with E-state index in [1.165, 1.54) is 5.56 Å². The molecule has 1 saturated heterocycles. The van der Waals surface area contributed by atoms with E-state index in [1.54, 1.807) is 18.2 Å². The molecule has 2 aliphatic rings. The summed E-state index contributed by atoms with van der Waals surface area (Å²) in [5.41, 5.74) is 3.05. The smallest absolute Gasteiger partial charge is 0.231 e. The normalized spacial score (nSPS) is 22.8. The first-order chi connectivity index (χ1) is 16.0. The van der Waals surface area contributed by atoms with Crippen LogP contribution >= 0.6 is 0 Å². The van der Waals surface area contributed by atoms with Gasteiger partial charge in [0.1, 0.15) is 5.75 Å². The Bertz CT molecular complexity index is 1130. The Labute approximate surface area is 193 Å². The summed E-state index contributed by atoms with van der Waals surface area (Å²) in [6.07, 6.45) is 0.969. The molecule has 3 atom stereocenters. The number of aromatic hydroxyl groups is 1. The summed E-state index contributed by atoms with van der Waals surface area (Å²) in [7, 11) is 0. The zero-order valence-corrected chi connectivity index (χ0v) is 18.9. The molecular formula is C25H29N5O3. The van der Waals surface area contributed by atoms with Crippen molar-refractivity contribution < 1.29 is 14.9 Å². The first kappa shape index (κ1) is 21.6. The van der Waals surface area contributed by atoms with E-state index in [4.69, 9.17) is 19.7 Å². The Morgan fingerprint density at radius 1 is 0.970 bits per heavy atom. The SMILES string of the molecule is CC1CN(c2nc(-c3cccc(O)c3)nc(N3CCc4ccccc4C3CO)n2)CC(C)O1. The molecule has 172 valence electrons. The Balaban J connectivity index is 1.60. The van der Waals surface area contributed by atoms with Crippen molar-refractivity contribution in [3.05, 3.63) is 59.7 Å². The van der Waals surface area contributed by atoms with Gasteiger partial charge in [0, 0.05) is 25.2 Å². The van der Waals surface area contributed by atoms with Gasteiger partial charge in [0.2, 0.25) is 11.9 Å². The van der Waals surface area contributed by atoms with Crippen molar-refractivity contribution in [2.75, 3.05) is 36.0 Å². The van der Waals surface area contributed by atoms with Gasteiger partial charge in [-0.1, -0.05) is 36.4 Å². The second-order valence-electron chi connectivity index (χ2n) is 8.81. The van der Waals surface area contributed by atoms with Gasteiger partial charge in [-0.2, -0.15) is 15.0 Å². The predicted molar refractivity (Wildman–Crippen MR) is 126 cm³/mol. The predicted octanol–water partition coefficient (Wildman–Crippen LogP) is 2.95. The van der Waals surface area contributed by atoms with Crippen molar-refractivity contribution in [1.82, 2.24) is 15.0 Å². The zero-order valence-electron chi connectivity index (χ0n) is 18.9. The minimum absolute atomic E-state index is 0.0366. The highest BCUT2D eigenvalue weighted by Gasteiger charge is 2.31. The quantitative estimate of drug-likeness (QED) is 0.630. The minimum atomic E-state index is -0.232. The van der Waals surface area contributed by atoms with Gasteiger partial charge in [-0.25, -0.2) is 0 Å². The average Bonchev–Trinajstić information content (AvgIpc) is 2.82. The van der Waals surface area contributed by atoms with Gasteiger partial charge < -0.3 is 24.7 Å². The first-order valence-corrected chi connectivity index (χ1v) is 11.4. The van der Waals surface area contributed by atoms with Crippen LogP contribution in [0, 0.1) is 0 Å². The molecule has 8 nitrogen and oxygen atoms in total. The molecule has 3 aromatic rings. The van der Waals surface area contributed by atoms with Crippen molar-refractivity contribution >= 4 is 11.9 Å². The van der Waals surface area contributed by atoms with E-state index < -0.39 is 0 Å². The molecule has 5 rings (SSSR count). The number of phenols is 1. The molecule has 0 radical (unpaired) electrons. The summed E-state index contributed by atoms with van der Waals surface area (Å²) in [5.74, 6) is 1.76. The van der Waals surface area contributed by atoms with Crippen LogP contribution < -0.4 is 9.80 Å². The molecule has 0 amide bonds. The number of fused-ring (bicyclic) bond motifs is 1. The molecule has 0 aliphatic carbocycles. The van der Waals surface area contributed by atoms with Crippen LogP contribution in [0.5, 0.6) is 5.75 Å². The third kappa shape index (κ3) is 4.36. The van der Waals surface area contributed by atoms with Crippen LogP contribution in [-0.4, -0.2) is 63.6 Å². The molecule has 0 spiro atoms. The van der Waals surface area contributed by atoms with Crippen molar-refractivity contribution in [2.24, 2.45) is 0 Å². The molecule has 3 heterocycles. The summed E-state index contributed by atoms with van der Waals surface area (Å²) in [4.78, 5) is 18.6. The molecule has 33 heavy (non-hydrogen) atoms. The van der Waals surface area contributed by atoms with Crippen LogP contribution in [0.3, 0.4) is 0 Å². The highest BCUT2D eigenvalue weighted by atomic mass is 16.5. The number of hydrogen-bond acceptors (Lipinski definition) is 8. The number of aromatic nitrogens is 3. The van der Waals surface area contributed by atoms with Crippen LogP contribution in [0.2, 0.25) is 0 Å². The van der Waals surface area contributed by atoms with Gasteiger partial charge in [-0.3, -0.25) is 0 Å². The average molecular weight is 448 g/mol. The second kappa shape index (κ2) is 8.96. The van der Waals surface area contributed by atoms with Crippen LogP contribution in [0.15, 0.2) is 48.5 Å². The van der Waals surface area contributed by atoms with Crippen molar-refractivity contribution in [1.29, 1.82) is 0 Å².